The molecule has 0 fully saturated rings. The third-order valence-corrected chi connectivity index (χ3v) is 2.90. The lowest BCUT2D eigenvalue weighted by molar-refractivity contribution is -0.137. The van der Waals surface area contributed by atoms with Crippen LogP contribution in [0.25, 0.3) is 0 Å². The van der Waals surface area contributed by atoms with Crippen molar-refractivity contribution in [1.82, 2.24) is 10.2 Å². The van der Waals surface area contributed by atoms with Crippen LogP contribution in [0.1, 0.15) is 52.9 Å². The highest BCUT2D eigenvalue weighted by molar-refractivity contribution is 5.87. The molecule has 0 saturated carbocycles. The molecule has 0 aliphatic rings. The van der Waals surface area contributed by atoms with Crippen molar-refractivity contribution in [1.29, 1.82) is 0 Å². The van der Waals surface area contributed by atoms with E-state index in [4.69, 9.17) is 5.73 Å². The van der Waals surface area contributed by atoms with Gasteiger partial charge in [0.25, 0.3) is 0 Å². The van der Waals surface area contributed by atoms with E-state index in [2.05, 4.69) is 12.2 Å². The zero-order chi connectivity index (χ0) is 14.7. The van der Waals surface area contributed by atoms with Crippen molar-refractivity contribution in [2.45, 2.75) is 58.9 Å². The quantitative estimate of drug-likeness (QED) is 0.628. The second-order valence-corrected chi connectivity index (χ2v) is 4.86. The molecule has 0 rings (SSSR count). The van der Waals surface area contributed by atoms with E-state index < -0.39 is 6.04 Å². The maximum Gasteiger partial charge on any atom is 0.239 e. The van der Waals surface area contributed by atoms with Gasteiger partial charge in [0, 0.05) is 13.1 Å². The summed E-state index contributed by atoms with van der Waals surface area (Å²) in [5.74, 6) is -0.215. The minimum Gasteiger partial charge on any atom is -0.355 e. The lowest BCUT2D eigenvalue weighted by Crippen LogP contribution is -2.48. The van der Waals surface area contributed by atoms with E-state index in [0.717, 1.165) is 25.7 Å². The molecular formula is C14H29N3O2. The summed E-state index contributed by atoms with van der Waals surface area (Å²) in [4.78, 5) is 25.4. The van der Waals surface area contributed by atoms with Gasteiger partial charge in [-0.2, -0.15) is 0 Å². The molecule has 2 amide bonds. The number of rotatable bonds is 10. The van der Waals surface area contributed by atoms with Gasteiger partial charge in [-0.05, 0) is 19.3 Å². The summed E-state index contributed by atoms with van der Waals surface area (Å²) in [7, 11) is 0. The minimum absolute atomic E-state index is 0.105. The van der Waals surface area contributed by atoms with Gasteiger partial charge < -0.3 is 16.0 Å². The van der Waals surface area contributed by atoms with E-state index in [9.17, 15) is 9.59 Å². The fourth-order valence-corrected chi connectivity index (χ4v) is 1.81. The second-order valence-electron chi connectivity index (χ2n) is 4.86. The summed E-state index contributed by atoms with van der Waals surface area (Å²) in [5, 5.41) is 2.78. The van der Waals surface area contributed by atoms with Crippen LogP contribution < -0.4 is 11.1 Å². The molecule has 3 N–H and O–H groups in total. The molecular weight excluding hydrogens is 242 g/mol. The highest BCUT2D eigenvalue weighted by atomic mass is 16.2. The molecule has 5 heteroatoms. The van der Waals surface area contributed by atoms with E-state index in [1.54, 1.807) is 4.90 Å². The lowest BCUT2D eigenvalue weighted by Gasteiger charge is -2.24. The van der Waals surface area contributed by atoms with Crippen molar-refractivity contribution >= 4 is 11.8 Å². The first-order valence-electron chi connectivity index (χ1n) is 7.37. The smallest absolute Gasteiger partial charge is 0.239 e. The molecule has 0 spiro atoms. The van der Waals surface area contributed by atoms with E-state index in [-0.39, 0.29) is 18.4 Å². The molecule has 0 radical (unpaired) electrons. The fourth-order valence-electron chi connectivity index (χ4n) is 1.81. The van der Waals surface area contributed by atoms with Crippen molar-refractivity contribution in [3.63, 3.8) is 0 Å². The average molecular weight is 271 g/mol. The first kappa shape index (κ1) is 17.9. The normalized spacial score (nSPS) is 12.0. The number of amides is 2. The Morgan fingerprint density at radius 1 is 1.16 bits per heavy atom. The average Bonchev–Trinajstić information content (AvgIpc) is 2.41. The van der Waals surface area contributed by atoms with Gasteiger partial charge >= 0.3 is 0 Å². The number of hydrogen-bond acceptors (Lipinski definition) is 3. The van der Waals surface area contributed by atoms with Gasteiger partial charge in [0.15, 0.2) is 0 Å². The third kappa shape index (κ3) is 7.82. The zero-order valence-corrected chi connectivity index (χ0v) is 12.6. The van der Waals surface area contributed by atoms with E-state index in [1.807, 2.05) is 13.8 Å². The number of unbranched alkanes of at least 4 members (excludes halogenated alkanes) is 1. The molecule has 0 aliphatic heterocycles. The second kappa shape index (κ2) is 10.8. The first-order chi connectivity index (χ1) is 9.06. The first-order valence-corrected chi connectivity index (χ1v) is 7.37. The summed E-state index contributed by atoms with van der Waals surface area (Å²) < 4.78 is 0. The van der Waals surface area contributed by atoms with Crippen molar-refractivity contribution in [2.24, 2.45) is 5.73 Å². The molecule has 0 aromatic rings. The van der Waals surface area contributed by atoms with Crippen LogP contribution in [0.3, 0.4) is 0 Å². The monoisotopic (exact) mass is 271 g/mol. The van der Waals surface area contributed by atoms with Crippen LogP contribution >= 0.6 is 0 Å². The molecule has 1 atom stereocenters. The van der Waals surface area contributed by atoms with Crippen molar-refractivity contribution in [2.75, 3.05) is 19.6 Å². The van der Waals surface area contributed by atoms with Crippen LogP contribution in [-0.4, -0.2) is 42.4 Å². The predicted molar refractivity (Wildman–Crippen MR) is 77.7 cm³/mol. The maximum atomic E-state index is 12.2. The Morgan fingerprint density at radius 2 is 1.84 bits per heavy atom. The molecule has 0 aliphatic carbocycles. The number of nitrogens with two attached hydrogens (primary N) is 1. The van der Waals surface area contributed by atoms with Crippen LogP contribution in [0.5, 0.6) is 0 Å². The van der Waals surface area contributed by atoms with Gasteiger partial charge in [-0.3, -0.25) is 9.59 Å². The number of nitrogens with one attached hydrogen (secondary N) is 1. The molecule has 0 aromatic carbocycles. The van der Waals surface area contributed by atoms with Gasteiger partial charge in [-0.25, -0.2) is 0 Å². The highest BCUT2D eigenvalue weighted by Crippen LogP contribution is 2.03. The summed E-state index contributed by atoms with van der Waals surface area (Å²) in [6, 6.07) is -0.481. The van der Waals surface area contributed by atoms with Crippen molar-refractivity contribution in [3.8, 4) is 0 Å². The minimum atomic E-state index is -0.481. The molecule has 0 saturated heterocycles. The molecule has 1 unspecified atom stereocenters. The number of carbonyl (C=O) groups is 2. The van der Waals surface area contributed by atoms with Gasteiger partial charge in [-0.1, -0.05) is 33.6 Å². The fraction of sp³-hybridized carbons (Fsp3) is 0.857. The Kier molecular flexibility index (Phi) is 10.2. The zero-order valence-electron chi connectivity index (χ0n) is 12.6. The van der Waals surface area contributed by atoms with Gasteiger partial charge in [0.1, 0.15) is 0 Å². The Labute approximate surface area is 116 Å². The standard InChI is InChI=1S/C14H29N3O2/c1-4-7-8-12(15)14(19)17(10-6-3)11-13(18)16-9-5-2/h12H,4-11,15H2,1-3H3,(H,16,18). The highest BCUT2D eigenvalue weighted by Gasteiger charge is 2.21. The molecule has 5 nitrogen and oxygen atoms in total. The Balaban J connectivity index is 4.36. The molecule has 112 valence electrons. The summed E-state index contributed by atoms with van der Waals surface area (Å²) in [5.41, 5.74) is 5.89. The third-order valence-electron chi connectivity index (χ3n) is 2.90. The summed E-state index contributed by atoms with van der Waals surface area (Å²) >= 11 is 0. The largest absolute Gasteiger partial charge is 0.355 e. The van der Waals surface area contributed by atoms with Gasteiger partial charge in [0.05, 0.1) is 12.6 Å². The van der Waals surface area contributed by atoms with E-state index in [0.29, 0.717) is 19.5 Å². The van der Waals surface area contributed by atoms with Crippen molar-refractivity contribution < 1.29 is 9.59 Å². The molecule has 0 bridgehead atoms. The topological polar surface area (TPSA) is 75.4 Å². The predicted octanol–water partition coefficient (Wildman–Crippen LogP) is 1.27. The maximum absolute atomic E-state index is 12.2. The molecule has 0 aromatic heterocycles. The van der Waals surface area contributed by atoms with Crippen molar-refractivity contribution in [3.05, 3.63) is 0 Å². The van der Waals surface area contributed by atoms with Crippen LogP contribution in [0.2, 0.25) is 0 Å². The lowest BCUT2D eigenvalue weighted by atomic mass is 10.1. The Hall–Kier alpha value is -1.10. The van der Waals surface area contributed by atoms with Crippen LogP contribution in [-0.2, 0) is 9.59 Å². The summed E-state index contributed by atoms with van der Waals surface area (Å²) in [6.45, 7) is 7.40. The number of hydrogen-bond donors (Lipinski definition) is 2. The molecule has 0 heterocycles. The van der Waals surface area contributed by atoms with Crippen LogP contribution in [0, 0.1) is 0 Å². The summed E-state index contributed by atoms with van der Waals surface area (Å²) in [6.07, 6.45) is 4.36. The van der Waals surface area contributed by atoms with E-state index >= 15 is 0 Å². The van der Waals surface area contributed by atoms with Crippen LogP contribution in [0.4, 0.5) is 0 Å². The van der Waals surface area contributed by atoms with Crippen LogP contribution in [0.15, 0.2) is 0 Å². The SMILES string of the molecule is CCCCC(N)C(=O)N(CCC)CC(=O)NCCC. The number of nitrogens with zero attached hydrogens (tertiary/aromatic N) is 1. The Bertz CT molecular complexity index is 269. The molecule has 19 heavy (non-hydrogen) atoms. The van der Waals surface area contributed by atoms with Gasteiger partial charge in [-0.15, -0.1) is 0 Å². The number of carbonyl (C=O) groups excluding carboxylic acids is 2. The Morgan fingerprint density at radius 3 is 2.37 bits per heavy atom. The van der Waals surface area contributed by atoms with Gasteiger partial charge in [0.2, 0.25) is 11.8 Å². The van der Waals surface area contributed by atoms with E-state index in [1.165, 1.54) is 0 Å².